The molecule has 0 saturated carbocycles. The van der Waals surface area contributed by atoms with Gasteiger partial charge in [-0.1, -0.05) is 97.1 Å². The Morgan fingerprint density at radius 3 is 1.23 bits per heavy atom. The van der Waals surface area contributed by atoms with E-state index in [1.807, 2.05) is 72.8 Å². The molecular weight excluding hydrogens is 599 g/mol. The van der Waals surface area contributed by atoms with Crippen LogP contribution in [0, 0.1) is 13.8 Å². The summed E-state index contributed by atoms with van der Waals surface area (Å²) in [7, 11) is 0. The van der Waals surface area contributed by atoms with E-state index in [0.29, 0.717) is 9.75 Å². The molecule has 0 radical (unpaired) electrons. The molecule has 4 aromatic rings. The van der Waals surface area contributed by atoms with Crippen LogP contribution in [-0.4, -0.2) is 17.8 Å². The Hall–Kier alpha value is -3.88. The topological polar surface area (TPSA) is 0 Å². The molecule has 2 heterocycles. The summed E-state index contributed by atoms with van der Waals surface area (Å²) in [5.41, 5.74) is -1.35. The van der Waals surface area contributed by atoms with Gasteiger partial charge in [-0.3, -0.25) is 0 Å². The molecule has 220 valence electrons. The second kappa shape index (κ2) is 12.0. The van der Waals surface area contributed by atoms with Gasteiger partial charge < -0.3 is 0 Å². The van der Waals surface area contributed by atoms with Crippen LogP contribution in [0.1, 0.15) is 41.8 Å². The quantitative estimate of drug-likeness (QED) is 0.135. The van der Waals surface area contributed by atoms with E-state index in [-0.39, 0.29) is 20.9 Å². The molecule has 0 atom stereocenters. The number of hydrogen-bond acceptors (Lipinski definition) is 2. The Morgan fingerprint density at radius 1 is 0.512 bits per heavy atom. The second-order valence-electron chi connectivity index (χ2n) is 9.97. The number of aryl methyl sites for hydroxylation is 2. The summed E-state index contributed by atoms with van der Waals surface area (Å²) in [6.45, 7) is 2.94. The zero-order valence-electron chi connectivity index (χ0n) is 23.1. The minimum Gasteiger partial charge on any atom is -0.194 e. The zero-order chi connectivity index (χ0) is 30.8. The first-order chi connectivity index (χ1) is 20.4. The molecule has 0 bridgehead atoms. The van der Waals surface area contributed by atoms with Crippen molar-refractivity contribution in [2.24, 2.45) is 0 Å². The fraction of sp³-hybridized carbons (Fsp3) is 0.143. The lowest BCUT2D eigenvalue weighted by molar-refractivity contribution is -0.254. The minimum atomic E-state index is -5.60. The third kappa shape index (κ3) is 5.86. The third-order valence-electron chi connectivity index (χ3n) is 7.00. The average molecular weight is 625 g/mol. The van der Waals surface area contributed by atoms with Crippen LogP contribution in [0.5, 0.6) is 0 Å². The predicted octanol–water partition coefficient (Wildman–Crippen LogP) is 11.7. The van der Waals surface area contributed by atoms with Gasteiger partial charge in [0.2, 0.25) is 0 Å². The van der Waals surface area contributed by atoms with Gasteiger partial charge in [0.15, 0.2) is 0 Å². The van der Waals surface area contributed by atoms with Gasteiger partial charge in [-0.05, 0) is 60.4 Å². The van der Waals surface area contributed by atoms with Gasteiger partial charge in [0.1, 0.15) is 0 Å². The molecule has 0 saturated heterocycles. The highest BCUT2D eigenvalue weighted by molar-refractivity contribution is 7.13. The number of benzene rings is 2. The second-order valence-corrected chi connectivity index (χ2v) is 12.5. The summed E-state index contributed by atoms with van der Waals surface area (Å²) in [5, 5.41) is 0. The molecule has 5 rings (SSSR count). The minimum absolute atomic E-state index is 0.242. The Kier molecular flexibility index (Phi) is 8.54. The molecule has 0 nitrogen and oxygen atoms in total. The van der Waals surface area contributed by atoms with Gasteiger partial charge in [0.05, 0.1) is 0 Å². The summed E-state index contributed by atoms with van der Waals surface area (Å²) in [5.74, 6) is -15.8. The lowest BCUT2D eigenvalue weighted by Crippen LogP contribution is -2.48. The van der Waals surface area contributed by atoms with Crippen molar-refractivity contribution in [3.8, 4) is 0 Å². The molecule has 2 aromatic carbocycles. The van der Waals surface area contributed by atoms with Gasteiger partial charge >= 0.3 is 17.8 Å². The number of hydrogen-bond donors (Lipinski definition) is 0. The van der Waals surface area contributed by atoms with Crippen molar-refractivity contribution in [1.82, 2.24) is 0 Å². The van der Waals surface area contributed by atoms with Gasteiger partial charge in [0, 0.05) is 30.7 Å². The SMILES string of the molecule is Cc1sc(C=CC=Cc2ccccc2)cc1C1=C(c2cc(C=CC=Cc3ccccc3)sc2C)C(F)(F)C(F)(F)C1(F)F. The van der Waals surface area contributed by atoms with Crippen molar-refractivity contribution in [2.75, 3.05) is 0 Å². The lowest BCUT2D eigenvalue weighted by Gasteiger charge is -2.25. The van der Waals surface area contributed by atoms with Crippen molar-refractivity contribution >= 4 is 58.1 Å². The van der Waals surface area contributed by atoms with Crippen molar-refractivity contribution < 1.29 is 26.3 Å². The standard InChI is InChI=1S/C35H26F6S2/c1-23-29(21-27(42-23)19-11-9-17-25-13-5-3-6-14-25)31-32(34(38,39)35(40,41)33(31,36)37)30-22-28(43-24(30)2)20-12-10-18-26-15-7-4-8-16-26/h3-22H,1-2H3. The number of alkyl halides is 6. The maximum atomic E-state index is 15.4. The number of thiophene rings is 2. The highest BCUT2D eigenvalue weighted by Gasteiger charge is 2.80. The normalized spacial score (nSPS) is 17.9. The Bertz CT molecular complexity index is 1620. The van der Waals surface area contributed by atoms with Gasteiger partial charge in [-0.15, -0.1) is 22.7 Å². The van der Waals surface area contributed by atoms with Crippen LogP contribution in [0.15, 0.2) is 97.1 Å². The summed E-state index contributed by atoms with van der Waals surface area (Å²) in [4.78, 5) is 1.43. The summed E-state index contributed by atoms with van der Waals surface area (Å²) in [6.07, 6.45) is 13.8. The highest BCUT2D eigenvalue weighted by atomic mass is 32.1. The molecule has 0 N–H and O–H groups in total. The summed E-state index contributed by atoms with van der Waals surface area (Å²) >= 11 is 2.15. The van der Waals surface area contributed by atoms with E-state index in [1.54, 1.807) is 36.5 Å². The molecule has 0 unspecified atom stereocenters. The van der Waals surface area contributed by atoms with Crippen molar-refractivity contribution in [3.05, 3.63) is 139 Å². The fourth-order valence-electron chi connectivity index (χ4n) is 4.87. The van der Waals surface area contributed by atoms with Gasteiger partial charge in [-0.2, -0.15) is 26.3 Å². The summed E-state index contributed by atoms with van der Waals surface area (Å²) in [6, 6.07) is 21.5. The fourth-order valence-corrected chi connectivity index (χ4v) is 6.76. The summed E-state index contributed by atoms with van der Waals surface area (Å²) < 4.78 is 91.4. The largest absolute Gasteiger partial charge is 0.380 e. The first-order valence-corrected chi connectivity index (χ1v) is 15.0. The molecular formula is C35H26F6S2. The molecule has 2 aromatic heterocycles. The van der Waals surface area contributed by atoms with Crippen molar-refractivity contribution in [2.45, 2.75) is 31.6 Å². The van der Waals surface area contributed by atoms with Crippen LogP contribution in [-0.2, 0) is 0 Å². The van der Waals surface area contributed by atoms with E-state index in [1.165, 1.54) is 26.0 Å². The van der Waals surface area contributed by atoms with E-state index >= 15 is 17.6 Å². The maximum Gasteiger partial charge on any atom is 0.380 e. The molecule has 1 aliphatic rings. The molecule has 8 heteroatoms. The van der Waals surface area contributed by atoms with E-state index in [9.17, 15) is 8.78 Å². The van der Waals surface area contributed by atoms with Crippen LogP contribution in [0.3, 0.4) is 0 Å². The number of allylic oxidation sites excluding steroid dienone is 6. The predicted molar refractivity (Wildman–Crippen MR) is 169 cm³/mol. The van der Waals surface area contributed by atoms with Gasteiger partial charge in [0.25, 0.3) is 0 Å². The average Bonchev–Trinajstić information content (AvgIpc) is 3.55. The van der Waals surface area contributed by atoms with E-state index < -0.39 is 28.9 Å². The lowest BCUT2D eigenvalue weighted by atomic mass is 9.95. The Labute approximate surface area is 254 Å². The molecule has 0 amide bonds. The zero-order valence-corrected chi connectivity index (χ0v) is 24.8. The van der Waals surface area contributed by atoms with Crippen LogP contribution >= 0.6 is 22.7 Å². The monoisotopic (exact) mass is 624 g/mol. The molecule has 0 fully saturated rings. The van der Waals surface area contributed by atoms with Gasteiger partial charge in [-0.25, -0.2) is 0 Å². The molecule has 1 aliphatic carbocycles. The van der Waals surface area contributed by atoms with E-state index in [0.717, 1.165) is 33.8 Å². The first-order valence-electron chi connectivity index (χ1n) is 13.3. The van der Waals surface area contributed by atoms with Crippen molar-refractivity contribution in [3.63, 3.8) is 0 Å². The van der Waals surface area contributed by atoms with Crippen LogP contribution < -0.4 is 0 Å². The van der Waals surface area contributed by atoms with Crippen LogP contribution in [0.2, 0.25) is 0 Å². The molecule has 0 aliphatic heterocycles. The number of halogens is 6. The smallest absolute Gasteiger partial charge is 0.194 e. The van der Waals surface area contributed by atoms with Crippen molar-refractivity contribution in [1.29, 1.82) is 0 Å². The Balaban J connectivity index is 1.53. The van der Waals surface area contributed by atoms with E-state index in [4.69, 9.17) is 0 Å². The molecule has 0 spiro atoms. The van der Waals surface area contributed by atoms with Crippen LogP contribution in [0.25, 0.3) is 35.5 Å². The van der Waals surface area contributed by atoms with E-state index in [2.05, 4.69) is 0 Å². The first kappa shape index (κ1) is 30.6. The highest BCUT2D eigenvalue weighted by Crippen LogP contribution is 2.65. The third-order valence-corrected chi connectivity index (χ3v) is 9.03. The number of rotatable bonds is 8. The molecule has 43 heavy (non-hydrogen) atoms. The maximum absolute atomic E-state index is 15.4. The van der Waals surface area contributed by atoms with Crippen LogP contribution in [0.4, 0.5) is 26.3 Å². The Morgan fingerprint density at radius 2 is 0.860 bits per heavy atom.